The fraction of sp³-hybridized carbons (Fsp3) is 0.132. The second kappa shape index (κ2) is 15.6. The van der Waals surface area contributed by atoms with Crippen molar-refractivity contribution in [1.29, 1.82) is 0 Å². The Morgan fingerprint density at radius 3 is 1.50 bits per heavy atom. The zero-order chi connectivity index (χ0) is 38.8. The van der Waals surface area contributed by atoms with E-state index in [1.165, 1.54) is 66.8 Å². The van der Waals surface area contributed by atoms with E-state index in [1.54, 1.807) is 0 Å². The summed E-state index contributed by atoms with van der Waals surface area (Å²) in [6.07, 6.45) is 3.71. The number of anilines is 3. The highest BCUT2D eigenvalue weighted by molar-refractivity contribution is 5.86. The van der Waals surface area contributed by atoms with Gasteiger partial charge in [0.2, 0.25) is 0 Å². The predicted molar refractivity (Wildman–Crippen MR) is 235 cm³/mol. The number of aromatic nitrogens is 2. The zero-order valence-corrected chi connectivity index (χ0v) is 33.1. The van der Waals surface area contributed by atoms with Gasteiger partial charge in [-0.3, -0.25) is 9.88 Å². The van der Waals surface area contributed by atoms with Crippen LogP contribution in [0.15, 0.2) is 170 Å². The van der Waals surface area contributed by atoms with Crippen LogP contribution in [0.3, 0.4) is 0 Å². The van der Waals surface area contributed by atoms with Crippen molar-refractivity contribution in [1.82, 2.24) is 9.97 Å². The van der Waals surface area contributed by atoms with E-state index in [2.05, 4.69) is 186 Å². The van der Waals surface area contributed by atoms with E-state index in [0.29, 0.717) is 0 Å². The molecule has 0 saturated heterocycles. The standard InChI is InChI=1S/C53H47N3/c1-35-28-37(3)51(38(4)29-35)53(52-39(5)30-36(2)31-40(52)6)43-24-26-45(27-25-43)56(50-34-54-33-49(55-50)42-18-11-8-12-19-42)46-21-15-20-44(32-46)48-23-14-13-22-47(48)41-16-9-7-10-17-41/h7-34,53H,1-6H3. The minimum Gasteiger partial charge on any atom is -0.294 e. The highest BCUT2D eigenvalue weighted by Gasteiger charge is 2.25. The van der Waals surface area contributed by atoms with Crippen LogP contribution in [0, 0.1) is 41.5 Å². The second-order valence-electron chi connectivity index (χ2n) is 15.1. The van der Waals surface area contributed by atoms with Gasteiger partial charge in [-0.05, 0) is 127 Å². The normalized spacial score (nSPS) is 11.2. The second-order valence-corrected chi connectivity index (χ2v) is 15.1. The summed E-state index contributed by atoms with van der Waals surface area (Å²) in [6.45, 7) is 13.4. The molecule has 0 saturated carbocycles. The molecule has 3 nitrogen and oxygen atoms in total. The zero-order valence-electron chi connectivity index (χ0n) is 33.1. The molecule has 7 aromatic carbocycles. The lowest BCUT2D eigenvalue weighted by Crippen LogP contribution is -2.14. The summed E-state index contributed by atoms with van der Waals surface area (Å²) in [6, 6.07) is 56.7. The Morgan fingerprint density at radius 2 is 0.929 bits per heavy atom. The number of hydrogen-bond donors (Lipinski definition) is 0. The van der Waals surface area contributed by atoms with E-state index in [-0.39, 0.29) is 5.92 Å². The summed E-state index contributed by atoms with van der Waals surface area (Å²) >= 11 is 0. The molecule has 0 aliphatic rings. The third kappa shape index (κ3) is 7.29. The molecule has 56 heavy (non-hydrogen) atoms. The summed E-state index contributed by atoms with van der Waals surface area (Å²) in [4.78, 5) is 12.2. The number of rotatable bonds is 9. The Morgan fingerprint density at radius 1 is 0.429 bits per heavy atom. The van der Waals surface area contributed by atoms with Crippen molar-refractivity contribution in [3.63, 3.8) is 0 Å². The van der Waals surface area contributed by atoms with Crippen molar-refractivity contribution in [2.24, 2.45) is 0 Å². The minimum atomic E-state index is 0.0812. The van der Waals surface area contributed by atoms with Gasteiger partial charge in [0.25, 0.3) is 0 Å². The molecular formula is C53H47N3. The number of nitrogens with zero attached hydrogens (tertiary/aromatic N) is 3. The summed E-state index contributed by atoms with van der Waals surface area (Å²) in [5.74, 6) is 0.831. The van der Waals surface area contributed by atoms with Crippen LogP contribution < -0.4 is 4.90 Å². The highest BCUT2D eigenvalue weighted by Crippen LogP contribution is 2.43. The average Bonchev–Trinajstić information content (AvgIpc) is 3.21. The van der Waals surface area contributed by atoms with Gasteiger partial charge >= 0.3 is 0 Å². The molecule has 0 atom stereocenters. The lowest BCUT2D eigenvalue weighted by atomic mass is 9.77. The van der Waals surface area contributed by atoms with Crippen molar-refractivity contribution in [2.45, 2.75) is 47.5 Å². The van der Waals surface area contributed by atoms with Gasteiger partial charge in [0.15, 0.2) is 5.82 Å². The molecule has 8 rings (SSSR count). The van der Waals surface area contributed by atoms with E-state index in [0.717, 1.165) is 34.0 Å². The van der Waals surface area contributed by atoms with Crippen LogP contribution in [-0.2, 0) is 0 Å². The third-order valence-corrected chi connectivity index (χ3v) is 10.9. The van der Waals surface area contributed by atoms with Gasteiger partial charge in [-0.1, -0.05) is 145 Å². The van der Waals surface area contributed by atoms with Gasteiger partial charge < -0.3 is 0 Å². The van der Waals surface area contributed by atoms with Crippen molar-refractivity contribution in [2.75, 3.05) is 4.90 Å². The molecule has 3 heteroatoms. The maximum Gasteiger partial charge on any atom is 0.156 e. The Hall–Kier alpha value is -6.58. The quantitative estimate of drug-likeness (QED) is 0.139. The van der Waals surface area contributed by atoms with Gasteiger partial charge in [-0.25, -0.2) is 4.98 Å². The van der Waals surface area contributed by atoms with Gasteiger partial charge in [-0.2, -0.15) is 0 Å². The molecule has 0 fully saturated rings. The van der Waals surface area contributed by atoms with E-state index in [4.69, 9.17) is 9.97 Å². The first-order chi connectivity index (χ1) is 27.2. The molecule has 0 aliphatic heterocycles. The summed E-state index contributed by atoms with van der Waals surface area (Å²) in [5, 5.41) is 0. The van der Waals surface area contributed by atoms with Gasteiger partial charge in [0.05, 0.1) is 18.1 Å². The van der Waals surface area contributed by atoms with Crippen LogP contribution >= 0.6 is 0 Å². The third-order valence-electron chi connectivity index (χ3n) is 10.9. The van der Waals surface area contributed by atoms with E-state index >= 15 is 0 Å². The molecule has 274 valence electrons. The lowest BCUT2D eigenvalue weighted by Gasteiger charge is -2.28. The highest BCUT2D eigenvalue weighted by atomic mass is 15.2. The summed E-state index contributed by atoms with van der Waals surface area (Å²) in [5.41, 5.74) is 20.4. The number of aryl methyl sites for hydroxylation is 6. The maximum absolute atomic E-state index is 5.24. The first-order valence-electron chi connectivity index (χ1n) is 19.4. The fourth-order valence-electron chi connectivity index (χ4n) is 8.63. The fourth-order valence-corrected chi connectivity index (χ4v) is 8.63. The first-order valence-corrected chi connectivity index (χ1v) is 19.4. The van der Waals surface area contributed by atoms with E-state index < -0.39 is 0 Å². The molecule has 0 aliphatic carbocycles. The Bertz CT molecular complexity index is 2540. The SMILES string of the molecule is Cc1cc(C)c(C(c2ccc(N(c3cccc(-c4ccccc4-c4ccccc4)c3)c3cncc(-c4ccccc4)n3)cc2)c2c(C)cc(C)cc2C)c(C)c1. The monoisotopic (exact) mass is 725 g/mol. The van der Waals surface area contributed by atoms with Crippen LogP contribution in [-0.4, -0.2) is 9.97 Å². The van der Waals surface area contributed by atoms with Crippen LogP contribution in [0.25, 0.3) is 33.5 Å². The topological polar surface area (TPSA) is 29.0 Å². The Balaban J connectivity index is 1.29. The lowest BCUT2D eigenvalue weighted by molar-refractivity contribution is 0.919. The van der Waals surface area contributed by atoms with Gasteiger partial charge in [-0.15, -0.1) is 0 Å². The number of hydrogen-bond acceptors (Lipinski definition) is 3. The van der Waals surface area contributed by atoms with Crippen molar-refractivity contribution in [3.05, 3.63) is 220 Å². The molecule has 0 bridgehead atoms. The van der Waals surface area contributed by atoms with Crippen molar-refractivity contribution >= 4 is 17.2 Å². The molecule has 0 radical (unpaired) electrons. The molecule has 0 amide bonds. The molecular weight excluding hydrogens is 679 g/mol. The van der Waals surface area contributed by atoms with Crippen LogP contribution in [0.1, 0.15) is 56.0 Å². The van der Waals surface area contributed by atoms with E-state index in [1.807, 2.05) is 30.6 Å². The van der Waals surface area contributed by atoms with Gasteiger partial charge in [0, 0.05) is 22.9 Å². The van der Waals surface area contributed by atoms with Gasteiger partial charge in [0.1, 0.15) is 0 Å². The molecule has 0 unspecified atom stereocenters. The summed E-state index contributed by atoms with van der Waals surface area (Å²) in [7, 11) is 0. The van der Waals surface area contributed by atoms with Crippen LogP contribution in [0.5, 0.6) is 0 Å². The molecule has 0 N–H and O–H groups in total. The Labute approximate surface area is 332 Å². The summed E-state index contributed by atoms with van der Waals surface area (Å²) < 4.78 is 0. The smallest absolute Gasteiger partial charge is 0.156 e. The molecule has 0 spiro atoms. The first kappa shape index (κ1) is 36.4. The minimum absolute atomic E-state index is 0.0812. The number of benzene rings is 7. The van der Waals surface area contributed by atoms with Crippen LogP contribution in [0.2, 0.25) is 0 Å². The maximum atomic E-state index is 5.24. The average molecular weight is 726 g/mol. The molecule has 1 heterocycles. The Kier molecular flexibility index (Phi) is 10.2. The largest absolute Gasteiger partial charge is 0.294 e. The molecule has 1 aromatic heterocycles. The van der Waals surface area contributed by atoms with Crippen molar-refractivity contribution < 1.29 is 0 Å². The van der Waals surface area contributed by atoms with E-state index in [9.17, 15) is 0 Å². The van der Waals surface area contributed by atoms with Crippen molar-refractivity contribution in [3.8, 4) is 33.5 Å². The molecule has 8 aromatic rings. The van der Waals surface area contributed by atoms with Crippen LogP contribution in [0.4, 0.5) is 17.2 Å². The predicted octanol–water partition coefficient (Wildman–Crippen LogP) is 14.0.